The van der Waals surface area contributed by atoms with Crippen molar-refractivity contribution >= 4 is 5.91 Å². The predicted molar refractivity (Wildman–Crippen MR) is 64.7 cm³/mol. The van der Waals surface area contributed by atoms with E-state index in [1.165, 1.54) is 6.26 Å². The van der Waals surface area contributed by atoms with Gasteiger partial charge < -0.3 is 19.9 Å². The van der Waals surface area contributed by atoms with E-state index < -0.39 is 11.7 Å². The minimum absolute atomic E-state index is 0.0996. The van der Waals surface area contributed by atoms with Crippen LogP contribution in [0.15, 0.2) is 22.8 Å². The summed E-state index contributed by atoms with van der Waals surface area (Å²) in [5.74, 6) is 0.194. The highest BCUT2D eigenvalue weighted by atomic mass is 16.4. The van der Waals surface area contributed by atoms with E-state index in [2.05, 4.69) is 5.32 Å². The lowest BCUT2D eigenvalue weighted by molar-refractivity contribution is -0.126. The molecule has 3 N–H and O–H groups in total. The highest BCUT2D eigenvalue weighted by molar-refractivity contribution is 5.77. The zero-order valence-corrected chi connectivity index (χ0v) is 10.3. The zero-order valence-electron chi connectivity index (χ0n) is 10.3. The predicted octanol–water partition coefficient (Wildman–Crippen LogP) is 1.12. The second-order valence-electron chi connectivity index (χ2n) is 4.94. The Bertz CT molecular complexity index is 382. The number of aliphatic hydroxyl groups excluding tert-OH is 1. The monoisotopic (exact) mass is 253 g/mol. The summed E-state index contributed by atoms with van der Waals surface area (Å²) >= 11 is 0. The molecule has 0 aromatic carbocycles. The van der Waals surface area contributed by atoms with Crippen LogP contribution in [0.2, 0.25) is 0 Å². The van der Waals surface area contributed by atoms with Crippen LogP contribution < -0.4 is 5.32 Å². The Labute approximate surface area is 106 Å². The summed E-state index contributed by atoms with van der Waals surface area (Å²) in [5, 5.41) is 22.4. The number of carbonyl (C=O) groups excluding carboxylic acids is 1. The van der Waals surface area contributed by atoms with Crippen LogP contribution in [0.1, 0.15) is 44.0 Å². The van der Waals surface area contributed by atoms with Gasteiger partial charge in [0, 0.05) is 0 Å². The summed E-state index contributed by atoms with van der Waals surface area (Å²) in [4.78, 5) is 11.7. The van der Waals surface area contributed by atoms with E-state index >= 15 is 0 Å². The fraction of sp³-hybridized carbons (Fsp3) is 0.615. The van der Waals surface area contributed by atoms with Crippen molar-refractivity contribution in [2.75, 3.05) is 6.54 Å². The minimum Gasteiger partial charge on any atom is -0.467 e. The molecule has 0 saturated heterocycles. The van der Waals surface area contributed by atoms with Crippen molar-refractivity contribution in [3.05, 3.63) is 24.2 Å². The molecular formula is C13H19NO4. The summed E-state index contributed by atoms with van der Waals surface area (Å²) in [6, 6.07) is 3.34. The van der Waals surface area contributed by atoms with Crippen LogP contribution in [0, 0.1) is 0 Å². The molecule has 1 unspecified atom stereocenters. The number of nitrogens with one attached hydrogen (secondary N) is 1. The van der Waals surface area contributed by atoms with Gasteiger partial charge >= 0.3 is 0 Å². The van der Waals surface area contributed by atoms with Crippen LogP contribution in [0.5, 0.6) is 0 Å². The van der Waals surface area contributed by atoms with Gasteiger partial charge in [0.25, 0.3) is 0 Å². The molecule has 18 heavy (non-hydrogen) atoms. The number of aliphatic hydroxyl groups is 2. The van der Waals surface area contributed by atoms with E-state index in [0.717, 1.165) is 12.8 Å². The highest BCUT2D eigenvalue weighted by Gasteiger charge is 2.33. The molecular weight excluding hydrogens is 234 g/mol. The number of rotatable bonds is 5. The minimum atomic E-state index is -0.848. The first kappa shape index (κ1) is 13.1. The van der Waals surface area contributed by atoms with Crippen molar-refractivity contribution in [3.8, 4) is 0 Å². The van der Waals surface area contributed by atoms with Crippen molar-refractivity contribution in [2.45, 2.75) is 43.8 Å². The molecule has 1 aliphatic rings. The van der Waals surface area contributed by atoms with Gasteiger partial charge in [0.1, 0.15) is 11.9 Å². The molecule has 2 rings (SSSR count). The molecule has 0 spiro atoms. The van der Waals surface area contributed by atoms with Gasteiger partial charge in [-0.05, 0) is 25.0 Å². The Morgan fingerprint density at radius 3 is 2.83 bits per heavy atom. The maximum Gasteiger partial charge on any atom is 0.222 e. The number of hydrogen-bond acceptors (Lipinski definition) is 4. The number of carbonyl (C=O) groups is 1. The maximum atomic E-state index is 11.7. The topological polar surface area (TPSA) is 82.7 Å². The third-order valence-corrected chi connectivity index (χ3v) is 3.39. The van der Waals surface area contributed by atoms with Crippen molar-refractivity contribution in [2.24, 2.45) is 0 Å². The number of furan rings is 1. The zero-order chi connectivity index (χ0) is 13.0. The molecule has 0 radical (unpaired) electrons. The molecule has 0 bridgehead atoms. The Morgan fingerprint density at radius 1 is 1.50 bits per heavy atom. The van der Waals surface area contributed by atoms with Crippen LogP contribution in [0.25, 0.3) is 0 Å². The Morgan fingerprint density at radius 2 is 2.22 bits per heavy atom. The van der Waals surface area contributed by atoms with Gasteiger partial charge in [-0.3, -0.25) is 4.79 Å². The molecule has 1 saturated carbocycles. The highest BCUT2D eigenvalue weighted by Crippen LogP contribution is 2.32. The maximum absolute atomic E-state index is 11.7. The number of amides is 1. The van der Waals surface area contributed by atoms with Gasteiger partial charge in [-0.2, -0.15) is 0 Å². The Hall–Kier alpha value is -1.33. The average molecular weight is 253 g/mol. The van der Waals surface area contributed by atoms with Gasteiger partial charge in [-0.1, -0.05) is 12.8 Å². The molecule has 5 heteroatoms. The van der Waals surface area contributed by atoms with Gasteiger partial charge in [-0.15, -0.1) is 0 Å². The van der Waals surface area contributed by atoms with Crippen molar-refractivity contribution in [1.29, 1.82) is 0 Å². The standard InChI is InChI=1S/C13H19NO4/c15-10(11-4-3-7-18-11)9-14-12(16)8-13(17)5-1-2-6-13/h3-4,7,10,15,17H,1-2,5-6,8-9H2,(H,14,16). The lowest BCUT2D eigenvalue weighted by Gasteiger charge is -2.21. The molecule has 1 atom stereocenters. The lowest BCUT2D eigenvalue weighted by Crippen LogP contribution is -2.36. The summed E-state index contributed by atoms with van der Waals surface area (Å²) in [7, 11) is 0. The summed E-state index contributed by atoms with van der Waals surface area (Å²) in [5.41, 5.74) is -0.848. The Kier molecular flexibility index (Phi) is 4.04. The molecule has 1 heterocycles. The van der Waals surface area contributed by atoms with E-state index in [1.807, 2.05) is 0 Å². The van der Waals surface area contributed by atoms with Crippen LogP contribution >= 0.6 is 0 Å². The number of hydrogen-bond donors (Lipinski definition) is 3. The molecule has 1 aromatic rings. The van der Waals surface area contributed by atoms with Crippen molar-refractivity contribution in [3.63, 3.8) is 0 Å². The van der Waals surface area contributed by atoms with Gasteiger partial charge in [0.15, 0.2) is 0 Å². The first-order valence-electron chi connectivity index (χ1n) is 6.30. The lowest BCUT2D eigenvalue weighted by atomic mass is 9.98. The quantitative estimate of drug-likeness (QED) is 0.734. The molecule has 5 nitrogen and oxygen atoms in total. The fourth-order valence-electron chi connectivity index (χ4n) is 2.36. The molecule has 1 fully saturated rings. The fourth-order valence-corrected chi connectivity index (χ4v) is 2.36. The molecule has 1 amide bonds. The van der Waals surface area contributed by atoms with Crippen molar-refractivity contribution < 1.29 is 19.4 Å². The first-order valence-corrected chi connectivity index (χ1v) is 6.30. The van der Waals surface area contributed by atoms with Crippen LogP contribution in [0.4, 0.5) is 0 Å². The van der Waals surface area contributed by atoms with Gasteiger partial charge in [0.2, 0.25) is 5.91 Å². The second kappa shape index (κ2) is 5.54. The third-order valence-electron chi connectivity index (χ3n) is 3.39. The summed E-state index contributed by atoms with van der Waals surface area (Å²) < 4.78 is 5.03. The smallest absolute Gasteiger partial charge is 0.222 e. The SMILES string of the molecule is O=C(CC1(O)CCCC1)NCC(O)c1ccco1. The molecule has 0 aliphatic heterocycles. The second-order valence-corrected chi connectivity index (χ2v) is 4.94. The Balaban J connectivity index is 1.75. The van der Waals surface area contributed by atoms with E-state index in [-0.39, 0.29) is 18.9 Å². The van der Waals surface area contributed by atoms with E-state index in [1.54, 1.807) is 12.1 Å². The average Bonchev–Trinajstić information content (AvgIpc) is 2.97. The summed E-state index contributed by atoms with van der Waals surface area (Å²) in [6.07, 6.45) is 4.04. The van der Waals surface area contributed by atoms with E-state index in [0.29, 0.717) is 18.6 Å². The van der Waals surface area contributed by atoms with Crippen LogP contribution in [0.3, 0.4) is 0 Å². The molecule has 100 valence electrons. The van der Waals surface area contributed by atoms with Gasteiger partial charge in [-0.25, -0.2) is 0 Å². The van der Waals surface area contributed by atoms with E-state index in [4.69, 9.17) is 4.42 Å². The normalized spacial score (nSPS) is 19.7. The van der Waals surface area contributed by atoms with Crippen LogP contribution in [-0.2, 0) is 4.79 Å². The van der Waals surface area contributed by atoms with E-state index in [9.17, 15) is 15.0 Å². The molecule has 1 aliphatic carbocycles. The first-order chi connectivity index (χ1) is 8.59. The van der Waals surface area contributed by atoms with Gasteiger partial charge in [0.05, 0.1) is 24.8 Å². The largest absolute Gasteiger partial charge is 0.467 e. The third kappa shape index (κ3) is 3.34. The van der Waals surface area contributed by atoms with Crippen molar-refractivity contribution in [1.82, 2.24) is 5.32 Å². The molecule has 1 aromatic heterocycles. The summed E-state index contributed by atoms with van der Waals surface area (Å²) in [6.45, 7) is 0.0996. The van der Waals surface area contributed by atoms with Crippen LogP contribution in [-0.4, -0.2) is 28.3 Å².